The number of piperazine rings is 1. The van der Waals surface area contributed by atoms with Crippen LogP contribution in [-0.4, -0.2) is 73.4 Å². The molecule has 0 spiro atoms. The van der Waals surface area contributed by atoms with Crippen molar-refractivity contribution in [3.63, 3.8) is 0 Å². The number of β-amino-alcohol motifs (C(OH)–C–C–N with tert-alkyl or cyclic N) is 1. The molecular formula is C15H31N3O. The molecule has 0 aromatic heterocycles. The standard InChI is InChI=1S/C15H31N3O/c1-17(14-6-4-2-3-5-7-14)12-15(19)13-18-10-8-16-9-11-18/h14-16,19H,2-13H2,1H3. The summed E-state index contributed by atoms with van der Waals surface area (Å²) in [6.07, 6.45) is 7.95. The van der Waals surface area contributed by atoms with Crippen LogP contribution in [0, 0.1) is 0 Å². The Labute approximate surface area is 118 Å². The first-order chi connectivity index (χ1) is 9.25. The van der Waals surface area contributed by atoms with E-state index in [2.05, 4.69) is 22.2 Å². The van der Waals surface area contributed by atoms with Gasteiger partial charge in [0.1, 0.15) is 0 Å². The first-order valence-electron chi connectivity index (χ1n) is 8.07. The van der Waals surface area contributed by atoms with Crippen LogP contribution in [-0.2, 0) is 0 Å². The van der Waals surface area contributed by atoms with E-state index in [9.17, 15) is 5.11 Å². The average molecular weight is 269 g/mol. The second-order valence-corrected chi connectivity index (χ2v) is 6.29. The third-order valence-corrected chi connectivity index (χ3v) is 4.63. The van der Waals surface area contributed by atoms with Crippen molar-refractivity contribution in [1.82, 2.24) is 15.1 Å². The Kier molecular flexibility index (Phi) is 6.57. The van der Waals surface area contributed by atoms with Crippen LogP contribution >= 0.6 is 0 Å². The fraction of sp³-hybridized carbons (Fsp3) is 1.00. The van der Waals surface area contributed by atoms with Crippen molar-refractivity contribution in [2.24, 2.45) is 0 Å². The fourth-order valence-corrected chi connectivity index (χ4v) is 3.43. The molecule has 1 saturated carbocycles. The Morgan fingerprint density at radius 3 is 2.42 bits per heavy atom. The lowest BCUT2D eigenvalue weighted by molar-refractivity contribution is 0.0618. The summed E-state index contributed by atoms with van der Waals surface area (Å²) in [4.78, 5) is 4.78. The van der Waals surface area contributed by atoms with Crippen LogP contribution < -0.4 is 5.32 Å². The second kappa shape index (κ2) is 8.20. The molecule has 1 saturated heterocycles. The van der Waals surface area contributed by atoms with E-state index in [0.717, 1.165) is 39.3 Å². The predicted molar refractivity (Wildman–Crippen MR) is 79.4 cm³/mol. The normalized spacial score (nSPS) is 25.4. The van der Waals surface area contributed by atoms with Crippen LogP contribution in [0.3, 0.4) is 0 Å². The monoisotopic (exact) mass is 269 g/mol. The lowest BCUT2D eigenvalue weighted by atomic mass is 10.1. The van der Waals surface area contributed by atoms with E-state index in [1.54, 1.807) is 0 Å². The van der Waals surface area contributed by atoms with Crippen molar-refractivity contribution >= 4 is 0 Å². The van der Waals surface area contributed by atoms with Gasteiger partial charge in [0.25, 0.3) is 0 Å². The van der Waals surface area contributed by atoms with Gasteiger partial charge < -0.3 is 15.3 Å². The van der Waals surface area contributed by atoms with Crippen molar-refractivity contribution in [3.8, 4) is 0 Å². The van der Waals surface area contributed by atoms with Crippen LogP contribution in [0.25, 0.3) is 0 Å². The maximum absolute atomic E-state index is 10.3. The summed E-state index contributed by atoms with van der Waals surface area (Å²) in [7, 11) is 2.19. The molecule has 2 aliphatic rings. The van der Waals surface area contributed by atoms with Gasteiger partial charge in [-0.25, -0.2) is 0 Å². The highest BCUT2D eigenvalue weighted by atomic mass is 16.3. The van der Waals surface area contributed by atoms with E-state index >= 15 is 0 Å². The van der Waals surface area contributed by atoms with E-state index in [0.29, 0.717) is 6.04 Å². The molecule has 112 valence electrons. The molecule has 2 rings (SSSR count). The average Bonchev–Trinajstić information content (AvgIpc) is 2.68. The molecule has 1 aliphatic heterocycles. The topological polar surface area (TPSA) is 38.7 Å². The molecule has 2 fully saturated rings. The van der Waals surface area contributed by atoms with E-state index in [1.807, 2.05) is 0 Å². The van der Waals surface area contributed by atoms with Crippen LogP contribution in [0.2, 0.25) is 0 Å². The third-order valence-electron chi connectivity index (χ3n) is 4.63. The number of hydrogen-bond acceptors (Lipinski definition) is 4. The lowest BCUT2D eigenvalue weighted by Crippen LogP contribution is -2.48. The Hall–Kier alpha value is -0.160. The summed E-state index contributed by atoms with van der Waals surface area (Å²) in [5.41, 5.74) is 0. The SMILES string of the molecule is CN(CC(O)CN1CCNCC1)C1CCCCCC1. The predicted octanol–water partition coefficient (Wildman–Crippen LogP) is 0.907. The molecule has 4 nitrogen and oxygen atoms in total. The third kappa shape index (κ3) is 5.38. The van der Waals surface area contributed by atoms with Gasteiger partial charge in [-0.3, -0.25) is 4.90 Å². The Morgan fingerprint density at radius 1 is 1.16 bits per heavy atom. The van der Waals surface area contributed by atoms with Crippen molar-refractivity contribution < 1.29 is 5.11 Å². The Bertz CT molecular complexity index is 236. The van der Waals surface area contributed by atoms with Gasteiger partial charge in [-0.1, -0.05) is 25.7 Å². The molecule has 0 aromatic rings. The number of nitrogens with one attached hydrogen (secondary N) is 1. The van der Waals surface area contributed by atoms with E-state index < -0.39 is 0 Å². The van der Waals surface area contributed by atoms with Crippen LogP contribution in [0.5, 0.6) is 0 Å². The number of aliphatic hydroxyl groups is 1. The minimum Gasteiger partial charge on any atom is -0.390 e. The lowest BCUT2D eigenvalue weighted by Gasteiger charge is -2.33. The zero-order chi connectivity index (χ0) is 13.5. The van der Waals surface area contributed by atoms with Gasteiger partial charge in [0.15, 0.2) is 0 Å². The summed E-state index contributed by atoms with van der Waals surface area (Å²) in [5.74, 6) is 0. The van der Waals surface area contributed by atoms with Gasteiger partial charge in [-0.15, -0.1) is 0 Å². The number of hydrogen-bond donors (Lipinski definition) is 2. The largest absolute Gasteiger partial charge is 0.390 e. The molecule has 19 heavy (non-hydrogen) atoms. The Balaban J connectivity index is 1.69. The molecule has 0 radical (unpaired) electrons. The van der Waals surface area contributed by atoms with Gasteiger partial charge in [0, 0.05) is 45.3 Å². The molecule has 0 amide bonds. The summed E-state index contributed by atoms with van der Waals surface area (Å²) in [6, 6.07) is 0.695. The van der Waals surface area contributed by atoms with Gasteiger partial charge in [-0.2, -0.15) is 0 Å². The number of nitrogens with zero attached hydrogens (tertiary/aromatic N) is 2. The molecule has 1 atom stereocenters. The number of likely N-dealkylation sites (N-methyl/N-ethyl adjacent to an activating group) is 1. The minimum absolute atomic E-state index is 0.202. The van der Waals surface area contributed by atoms with Crippen molar-refractivity contribution in [3.05, 3.63) is 0 Å². The highest BCUT2D eigenvalue weighted by Gasteiger charge is 2.21. The summed E-state index contributed by atoms with van der Waals surface area (Å²) in [6.45, 7) is 5.93. The smallest absolute Gasteiger partial charge is 0.0793 e. The summed E-state index contributed by atoms with van der Waals surface area (Å²) < 4.78 is 0. The van der Waals surface area contributed by atoms with Gasteiger partial charge in [0.2, 0.25) is 0 Å². The van der Waals surface area contributed by atoms with Gasteiger partial charge in [0.05, 0.1) is 6.10 Å². The molecular weight excluding hydrogens is 238 g/mol. The minimum atomic E-state index is -0.202. The van der Waals surface area contributed by atoms with E-state index in [1.165, 1.54) is 38.5 Å². The maximum atomic E-state index is 10.3. The van der Waals surface area contributed by atoms with Crippen molar-refractivity contribution in [2.45, 2.75) is 50.7 Å². The Morgan fingerprint density at radius 2 is 1.79 bits per heavy atom. The summed E-state index contributed by atoms with van der Waals surface area (Å²) in [5, 5.41) is 13.6. The van der Waals surface area contributed by atoms with Gasteiger partial charge in [-0.05, 0) is 19.9 Å². The molecule has 0 bridgehead atoms. The first-order valence-corrected chi connectivity index (χ1v) is 8.07. The van der Waals surface area contributed by atoms with E-state index in [4.69, 9.17) is 0 Å². The zero-order valence-electron chi connectivity index (χ0n) is 12.5. The number of rotatable bonds is 5. The highest BCUT2D eigenvalue weighted by Crippen LogP contribution is 2.21. The molecule has 4 heteroatoms. The fourth-order valence-electron chi connectivity index (χ4n) is 3.43. The molecule has 1 aliphatic carbocycles. The quantitative estimate of drug-likeness (QED) is 0.728. The highest BCUT2D eigenvalue weighted by molar-refractivity contribution is 4.77. The van der Waals surface area contributed by atoms with Gasteiger partial charge >= 0.3 is 0 Å². The number of aliphatic hydroxyl groups excluding tert-OH is 1. The first kappa shape index (κ1) is 15.2. The van der Waals surface area contributed by atoms with Crippen molar-refractivity contribution in [1.29, 1.82) is 0 Å². The maximum Gasteiger partial charge on any atom is 0.0793 e. The molecule has 0 aromatic carbocycles. The molecule has 2 N–H and O–H groups in total. The molecule has 1 heterocycles. The van der Waals surface area contributed by atoms with Crippen LogP contribution in [0.4, 0.5) is 0 Å². The zero-order valence-corrected chi connectivity index (χ0v) is 12.5. The van der Waals surface area contributed by atoms with E-state index in [-0.39, 0.29) is 6.10 Å². The molecule has 1 unspecified atom stereocenters. The van der Waals surface area contributed by atoms with Crippen LogP contribution in [0.15, 0.2) is 0 Å². The second-order valence-electron chi connectivity index (χ2n) is 6.29. The van der Waals surface area contributed by atoms with Crippen molar-refractivity contribution in [2.75, 3.05) is 46.3 Å². The van der Waals surface area contributed by atoms with Crippen LogP contribution in [0.1, 0.15) is 38.5 Å². The summed E-state index contributed by atoms with van der Waals surface area (Å²) >= 11 is 0.